The van der Waals surface area contributed by atoms with E-state index in [4.69, 9.17) is 0 Å². The van der Waals surface area contributed by atoms with E-state index in [1.165, 1.54) is 45.1 Å². The summed E-state index contributed by atoms with van der Waals surface area (Å²) in [6, 6.07) is 1.31. The van der Waals surface area contributed by atoms with Gasteiger partial charge in [0, 0.05) is 12.1 Å². The highest BCUT2D eigenvalue weighted by atomic mass is 16.1. The van der Waals surface area contributed by atoms with Crippen LogP contribution in [-0.4, -0.2) is 36.2 Å². The van der Waals surface area contributed by atoms with Crippen molar-refractivity contribution in [3.63, 3.8) is 0 Å². The van der Waals surface area contributed by atoms with Gasteiger partial charge >= 0.3 is 0 Å². The second-order valence-electron chi connectivity index (χ2n) is 4.40. The molecule has 1 unspecified atom stereocenters. The predicted octanol–water partition coefficient (Wildman–Crippen LogP) is 1.73. The maximum Gasteiger partial charge on any atom is 0.234 e. The second-order valence-corrected chi connectivity index (χ2v) is 4.40. The highest BCUT2D eigenvalue weighted by Crippen LogP contribution is 2.29. The minimum Gasteiger partial charge on any atom is -0.296 e. The summed E-state index contributed by atoms with van der Waals surface area (Å²) in [5.74, 6) is 0. The van der Waals surface area contributed by atoms with Crippen LogP contribution < -0.4 is 0 Å². The molecule has 2 fully saturated rings. The minimum atomic E-state index is 0.527. The van der Waals surface area contributed by atoms with E-state index in [9.17, 15) is 4.79 Å². The number of isocyanates is 1. The van der Waals surface area contributed by atoms with Crippen molar-refractivity contribution in [2.75, 3.05) is 13.1 Å². The number of likely N-dealkylation sites (tertiary alicyclic amines) is 1. The zero-order valence-corrected chi connectivity index (χ0v) is 8.61. The number of carbonyl (C=O) groups excluding carboxylic acids is 1. The van der Waals surface area contributed by atoms with Crippen molar-refractivity contribution in [2.24, 2.45) is 4.99 Å². The van der Waals surface area contributed by atoms with Crippen LogP contribution in [0.3, 0.4) is 0 Å². The quantitative estimate of drug-likeness (QED) is 0.506. The van der Waals surface area contributed by atoms with Crippen molar-refractivity contribution < 1.29 is 4.79 Å². The van der Waals surface area contributed by atoms with Crippen LogP contribution in [0, 0.1) is 0 Å². The average Bonchev–Trinajstić information content (AvgIpc) is 2.84. The SMILES string of the molecule is O=C=NCC1CCCN1C1CCCC1. The van der Waals surface area contributed by atoms with Crippen molar-refractivity contribution in [1.82, 2.24) is 4.90 Å². The molecule has 0 aromatic heterocycles. The van der Waals surface area contributed by atoms with Gasteiger partial charge in [0.15, 0.2) is 0 Å². The summed E-state index contributed by atoms with van der Waals surface area (Å²) in [4.78, 5) is 16.4. The number of hydrogen-bond donors (Lipinski definition) is 0. The highest BCUT2D eigenvalue weighted by molar-refractivity contribution is 5.32. The molecule has 3 nitrogen and oxygen atoms in total. The molecule has 0 aromatic carbocycles. The van der Waals surface area contributed by atoms with Crippen molar-refractivity contribution in [3.05, 3.63) is 0 Å². The van der Waals surface area contributed by atoms with Crippen LogP contribution >= 0.6 is 0 Å². The smallest absolute Gasteiger partial charge is 0.234 e. The Kier molecular flexibility index (Phi) is 3.33. The van der Waals surface area contributed by atoms with Gasteiger partial charge in [-0.05, 0) is 32.2 Å². The van der Waals surface area contributed by atoms with Crippen LogP contribution in [0.25, 0.3) is 0 Å². The first kappa shape index (κ1) is 9.88. The van der Waals surface area contributed by atoms with Crippen molar-refractivity contribution in [3.8, 4) is 0 Å². The fourth-order valence-corrected chi connectivity index (χ4v) is 2.91. The van der Waals surface area contributed by atoms with Gasteiger partial charge < -0.3 is 0 Å². The standard InChI is InChI=1S/C11H18N2O/c14-9-12-8-11-6-3-7-13(11)10-4-1-2-5-10/h10-11H,1-8H2. The summed E-state index contributed by atoms with van der Waals surface area (Å²) in [6.07, 6.45) is 9.59. The van der Waals surface area contributed by atoms with Gasteiger partial charge in [-0.1, -0.05) is 12.8 Å². The molecule has 14 heavy (non-hydrogen) atoms. The van der Waals surface area contributed by atoms with Gasteiger partial charge in [-0.15, -0.1) is 0 Å². The van der Waals surface area contributed by atoms with Crippen molar-refractivity contribution >= 4 is 6.08 Å². The minimum absolute atomic E-state index is 0.527. The molecular formula is C11H18N2O. The van der Waals surface area contributed by atoms with Crippen LogP contribution in [0.2, 0.25) is 0 Å². The number of nitrogens with zero attached hydrogens (tertiary/aromatic N) is 2. The summed E-state index contributed by atoms with van der Waals surface area (Å²) in [5.41, 5.74) is 0. The highest BCUT2D eigenvalue weighted by Gasteiger charge is 2.31. The van der Waals surface area contributed by atoms with E-state index in [0.717, 1.165) is 6.04 Å². The first-order valence-electron chi connectivity index (χ1n) is 5.71. The topological polar surface area (TPSA) is 32.7 Å². The Morgan fingerprint density at radius 1 is 1.21 bits per heavy atom. The van der Waals surface area contributed by atoms with E-state index < -0.39 is 0 Å². The summed E-state index contributed by atoms with van der Waals surface area (Å²) < 4.78 is 0. The number of rotatable bonds is 3. The Hall–Kier alpha value is -0.660. The van der Waals surface area contributed by atoms with Gasteiger partial charge in [-0.3, -0.25) is 4.90 Å². The third-order valence-corrected chi connectivity index (χ3v) is 3.58. The molecule has 0 N–H and O–H groups in total. The van der Waals surface area contributed by atoms with E-state index in [0.29, 0.717) is 12.6 Å². The van der Waals surface area contributed by atoms with E-state index >= 15 is 0 Å². The first-order valence-corrected chi connectivity index (χ1v) is 5.71. The molecule has 0 aromatic rings. The van der Waals surface area contributed by atoms with E-state index in [2.05, 4.69) is 9.89 Å². The zero-order valence-electron chi connectivity index (χ0n) is 8.61. The molecule has 1 aliphatic carbocycles. The Bertz CT molecular complexity index is 229. The molecule has 2 rings (SSSR count). The molecule has 0 spiro atoms. The summed E-state index contributed by atoms with van der Waals surface area (Å²) >= 11 is 0. The van der Waals surface area contributed by atoms with Crippen molar-refractivity contribution in [2.45, 2.75) is 50.6 Å². The van der Waals surface area contributed by atoms with Gasteiger partial charge in [0.05, 0.1) is 6.54 Å². The lowest BCUT2D eigenvalue weighted by atomic mass is 10.1. The van der Waals surface area contributed by atoms with Gasteiger partial charge in [0.25, 0.3) is 0 Å². The predicted molar refractivity (Wildman–Crippen MR) is 55.0 cm³/mol. The third-order valence-electron chi connectivity index (χ3n) is 3.58. The van der Waals surface area contributed by atoms with Crippen LogP contribution in [0.1, 0.15) is 38.5 Å². The number of hydrogen-bond acceptors (Lipinski definition) is 3. The van der Waals surface area contributed by atoms with Crippen LogP contribution in [-0.2, 0) is 4.79 Å². The molecule has 0 radical (unpaired) electrons. The first-order chi connectivity index (χ1) is 6.92. The summed E-state index contributed by atoms with van der Waals surface area (Å²) in [7, 11) is 0. The normalized spacial score (nSPS) is 29.3. The summed E-state index contributed by atoms with van der Waals surface area (Å²) in [6.45, 7) is 1.88. The Balaban J connectivity index is 1.91. The molecule has 0 bridgehead atoms. The van der Waals surface area contributed by atoms with E-state index in [1.807, 2.05) is 0 Å². The average molecular weight is 194 g/mol. The monoisotopic (exact) mass is 194 g/mol. The molecule has 2 aliphatic rings. The lowest BCUT2D eigenvalue weighted by Gasteiger charge is -2.29. The molecule has 1 saturated heterocycles. The number of aliphatic imine (C=N–C) groups is 1. The van der Waals surface area contributed by atoms with Gasteiger partial charge in [0.2, 0.25) is 6.08 Å². The maximum atomic E-state index is 10.1. The summed E-state index contributed by atoms with van der Waals surface area (Å²) in [5, 5.41) is 0. The molecule has 3 heteroatoms. The third kappa shape index (κ3) is 2.05. The Morgan fingerprint density at radius 2 is 2.00 bits per heavy atom. The van der Waals surface area contributed by atoms with Gasteiger partial charge in [-0.25, -0.2) is 9.79 Å². The Labute approximate surface area is 85.2 Å². The fourth-order valence-electron chi connectivity index (χ4n) is 2.91. The molecule has 1 aliphatic heterocycles. The van der Waals surface area contributed by atoms with Crippen molar-refractivity contribution in [1.29, 1.82) is 0 Å². The van der Waals surface area contributed by atoms with E-state index in [1.54, 1.807) is 6.08 Å². The zero-order chi connectivity index (χ0) is 9.80. The van der Waals surface area contributed by atoms with Gasteiger partial charge in [0.1, 0.15) is 0 Å². The molecule has 1 saturated carbocycles. The molecular weight excluding hydrogens is 176 g/mol. The largest absolute Gasteiger partial charge is 0.296 e. The van der Waals surface area contributed by atoms with Crippen LogP contribution in [0.4, 0.5) is 0 Å². The molecule has 0 amide bonds. The maximum absolute atomic E-state index is 10.1. The lowest BCUT2D eigenvalue weighted by Crippen LogP contribution is -2.39. The Morgan fingerprint density at radius 3 is 2.71 bits per heavy atom. The van der Waals surface area contributed by atoms with Crippen LogP contribution in [0.15, 0.2) is 4.99 Å². The second kappa shape index (κ2) is 4.72. The van der Waals surface area contributed by atoms with E-state index in [-0.39, 0.29) is 0 Å². The molecule has 78 valence electrons. The van der Waals surface area contributed by atoms with Gasteiger partial charge in [-0.2, -0.15) is 0 Å². The molecule has 1 heterocycles. The fraction of sp³-hybridized carbons (Fsp3) is 0.909. The van der Waals surface area contributed by atoms with Crippen LogP contribution in [0.5, 0.6) is 0 Å². The molecule has 1 atom stereocenters. The lowest BCUT2D eigenvalue weighted by molar-refractivity contribution is 0.186.